The van der Waals surface area contributed by atoms with Crippen molar-refractivity contribution in [1.29, 1.82) is 0 Å². The number of aliphatic carboxylic acids is 2. The van der Waals surface area contributed by atoms with Gasteiger partial charge in [0, 0.05) is 7.11 Å². The van der Waals surface area contributed by atoms with E-state index in [9.17, 15) is 146 Å². The number of hydrogen-bond donors (Lipinski definition) is 9. The molecule has 25 atom stereocenters. The minimum Gasteiger partial charge on any atom is -0.735 e. The van der Waals surface area contributed by atoms with Crippen molar-refractivity contribution in [2.24, 2.45) is 0 Å². The van der Waals surface area contributed by atoms with Crippen LogP contribution in [0.4, 0.5) is 0 Å². The zero-order valence-corrected chi connectivity index (χ0v) is 75.6. The van der Waals surface area contributed by atoms with Gasteiger partial charge in [0.2, 0.25) is 58.4 Å². The van der Waals surface area contributed by atoms with E-state index in [4.69, 9.17) is 47.4 Å². The van der Waals surface area contributed by atoms with E-state index in [2.05, 4.69) is 20.9 Å². The number of aliphatic hydroxyl groups is 6. The first-order chi connectivity index (χ1) is 40.5. The minimum atomic E-state index is -6.63. The van der Waals surface area contributed by atoms with Crippen LogP contribution in [0.3, 0.4) is 0 Å². The number of carbonyl (C=O) groups excluding carboxylic acids is 3. The largest absolute Gasteiger partial charge is 1.00 e. The van der Waals surface area contributed by atoms with Gasteiger partial charge in [-0.1, -0.05) is 0 Å². The van der Waals surface area contributed by atoms with Crippen molar-refractivity contribution >= 4 is 91.0 Å². The summed E-state index contributed by atoms with van der Waals surface area (Å²) in [5.74, 6) is -5.40. The number of hydrogen-bond acceptors (Lipinski definition) is 47. The van der Waals surface area contributed by atoms with E-state index < -0.39 is 258 Å². The third-order valence-electron chi connectivity index (χ3n) is 12.4. The average Bonchev–Trinajstić information content (AvgIpc) is 0.766. The van der Waals surface area contributed by atoms with Gasteiger partial charge in [-0.15, -0.1) is 0 Å². The monoisotopic (exact) mass is 1650 g/mol. The molecule has 5 rings (SSSR count). The van der Waals surface area contributed by atoms with Crippen LogP contribution in [0.2, 0.25) is 0 Å². The van der Waals surface area contributed by atoms with E-state index in [1.807, 2.05) is 5.32 Å². The molecule has 66 heteroatoms. The van der Waals surface area contributed by atoms with Crippen LogP contribution in [0, 0.1) is 0 Å². The standard InChI is InChI=1S/C32H53N3O47S7.9Na/c1-68-28-10(34-83(47,48)49)14(39)18(7(73-28)3-70-86(56,57)58)75-32-23(82-89(65,66)67)17(42)22(25(80-32)27(45)46)78-30-11(35-84(50,51)52)20(81-88(62,63)64)19(8(74-30)4-71-87(59,60)61)76-31-16(41)15(40)21(24(79-31)26(43)44)77-29-9(33-5-36)13(38)12(37)6(72-29)2-69-85(53,54)55;;;;;;;;;/h5-25,28-32,34-35,37-42H,2-4H2,1H3,(H,33,36)(H,43,44)(H,45,46)(H,47,48,49)(H,50,51,52)(H,53,54,55)(H,56,57,58)(H,59,60,61)(H,62,63,64)(H,65,66,67);;;;;;;;;/q;9*+1/p-9/t6-,7-,8-,9-,10-,11-,12-,13-,14-,15-,16-,17+,18-,19-,20-,21+,22+,23-,24+,25-,28+,29-,30+,31-,32-;;;;;;;;;/m1........./s1. The molecule has 5 heterocycles. The van der Waals surface area contributed by atoms with Crippen LogP contribution >= 0.6 is 0 Å². The molecule has 5 aliphatic heterocycles. The van der Waals surface area contributed by atoms with Crippen molar-refractivity contribution in [3.8, 4) is 0 Å². The number of methoxy groups -OCH3 is 1. The Hall–Kier alpha value is 5.86. The van der Waals surface area contributed by atoms with Crippen molar-refractivity contribution in [3.63, 3.8) is 0 Å². The van der Waals surface area contributed by atoms with Crippen LogP contribution < -0.4 is 291 Å². The number of carbonyl (C=O) groups is 3. The number of rotatable bonds is 30. The molecule has 0 unspecified atom stereocenters. The van der Waals surface area contributed by atoms with Crippen molar-refractivity contribution in [2.45, 2.75) is 153 Å². The summed E-state index contributed by atoms with van der Waals surface area (Å²) in [6.45, 7) is -5.22. The zero-order valence-electron chi connectivity index (χ0n) is 51.9. The van der Waals surface area contributed by atoms with Gasteiger partial charge >= 0.3 is 266 Å². The number of carboxylic acid groups (broad SMARTS) is 2. The van der Waals surface area contributed by atoms with Crippen LogP contribution in [-0.2, 0) is 155 Å². The van der Waals surface area contributed by atoms with Gasteiger partial charge in [-0.25, -0.2) is 68.4 Å². The number of amides is 1. The first kappa shape index (κ1) is 112. The third kappa shape index (κ3) is 34.7. The molecule has 9 N–H and O–H groups in total. The maximum Gasteiger partial charge on any atom is 1.00 e. The van der Waals surface area contributed by atoms with Crippen molar-refractivity contribution in [2.75, 3.05) is 26.9 Å². The number of aliphatic hydroxyl groups excluding tert-OH is 6. The molecule has 5 fully saturated rings. The quantitative estimate of drug-likeness (QED) is 0.0140. The molecule has 0 saturated carbocycles. The van der Waals surface area contributed by atoms with E-state index in [0.717, 1.165) is 4.72 Å². The normalized spacial score (nSPS) is 35.4. The van der Waals surface area contributed by atoms with Crippen molar-refractivity contribution in [3.05, 3.63) is 0 Å². The van der Waals surface area contributed by atoms with Crippen LogP contribution in [-0.4, -0.2) is 320 Å². The maximum absolute atomic E-state index is 12.8. The Kier molecular flexibility index (Phi) is 53.8. The van der Waals surface area contributed by atoms with Crippen molar-refractivity contribution in [1.82, 2.24) is 14.8 Å². The predicted octanol–water partition coefficient (Wildman–Crippen LogP) is -45.4. The van der Waals surface area contributed by atoms with E-state index in [0.29, 0.717) is 7.11 Å². The molecule has 0 aromatic carbocycles. The molecule has 50 nitrogen and oxygen atoms in total. The zero-order chi connectivity index (χ0) is 67.6. The summed E-state index contributed by atoms with van der Waals surface area (Å²) in [5.41, 5.74) is 0. The van der Waals surface area contributed by atoms with Gasteiger partial charge in [0.25, 0.3) is 0 Å². The summed E-state index contributed by atoms with van der Waals surface area (Å²) >= 11 is 0. The fourth-order valence-electron chi connectivity index (χ4n) is 8.90. The molecule has 0 bridgehead atoms. The van der Waals surface area contributed by atoms with Gasteiger partial charge in [-0.05, 0) is 0 Å². The fourth-order valence-corrected chi connectivity index (χ4v) is 11.9. The number of ether oxygens (including phenoxy) is 10. The maximum atomic E-state index is 12.8. The molecule has 0 spiro atoms. The molecule has 5 aliphatic rings. The van der Waals surface area contributed by atoms with Gasteiger partial charge in [0.05, 0.1) is 31.8 Å². The van der Waals surface area contributed by atoms with E-state index in [-0.39, 0.29) is 272 Å². The van der Waals surface area contributed by atoms with Gasteiger partial charge < -0.3 is 135 Å². The SMILES string of the molecule is CO[C@H]1O[C@H](COS(=O)(=O)[O-])[C@@H](O[C@@H]2O[C@@H](C(=O)[O-])[C@@H](O[C@@H]3O[C@H](COS(=O)(=O)[O-])[C@@H](O[C@@H]4O[C@H](C(=O)[O-])[C@@H](O[C@H]5O[C@H](COS(=O)(=O)[O-])[C@@H](O)[C@H](O)[C@H]5NC=O)[C@H](O)[C@H]4O)[C@H](OS(=O)(=O)[O-])[C@H]3NS(=O)(=O)[O-])[C@H](O)[C@H]2OS(=O)(=O)[O-])[C@H](O)[C@H]1NS(=O)(=O)[O-].[Na+].[Na+].[Na+].[Na+].[Na+].[Na+].[Na+].[Na+].[Na+]. The Labute approximate surface area is 754 Å². The Morgan fingerprint density at radius 2 is 0.745 bits per heavy atom. The summed E-state index contributed by atoms with van der Waals surface area (Å²) in [5, 5.41) is 93.9. The van der Waals surface area contributed by atoms with Gasteiger partial charge in [0.1, 0.15) is 116 Å². The van der Waals surface area contributed by atoms with E-state index in [1.165, 1.54) is 4.72 Å². The molecule has 0 aliphatic carbocycles. The molecular weight excluding hydrogens is 1610 g/mol. The Balaban J connectivity index is -0.00000320. The molecule has 5 saturated heterocycles. The molecule has 520 valence electrons. The minimum absolute atomic E-state index is 0. The van der Waals surface area contributed by atoms with E-state index in [1.54, 1.807) is 0 Å². The number of nitrogens with one attached hydrogen (secondary N) is 3. The second-order valence-electron chi connectivity index (χ2n) is 18.2. The summed E-state index contributed by atoms with van der Waals surface area (Å²) in [6, 6.07) is -7.94. The molecule has 1 amide bonds. The summed E-state index contributed by atoms with van der Waals surface area (Å²) in [6.07, 6.45) is -64.3. The van der Waals surface area contributed by atoms with Crippen LogP contribution in [0.25, 0.3) is 0 Å². The molecule has 98 heavy (non-hydrogen) atoms. The smallest absolute Gasteiger partial charge is 0.735 e. The topological polar surface area (TPSA) is 794 Å². The van der Waals surface area contributed by atoms with Crippen LogP contribution in [0.15, 0.2) is 0 Å². The van der Waals surface area contributed by atoms with Crippen LogP contribution in [0.1, 0.15) is 0 Å². The second kappa shape index (κ2) is 46.9. The summed E-state index contributed by atoms with van der Waals surface area (Å²) in [7, 11) is -42.2. The van der Waals surface area contributed by atoms with Gasteiger partial charge in [-0.3, -0.25) is 25.7 Å². The van der Waals surface area contributed by atoms with Gasteiger partial charge in [-0.2, -0.15) is 0 Å². The van der Waals surface area contributed by atoms with E-state index >= 15 is 0 Å². The predicted molar refractivity (Wildman–Crippen MR) is 238 cm³/mol. The summed E-state index contributed by atoms with van der Waals surface area (Å²) < 4.78 is 324. The summed E-state index contributed by atoms with van der Waals surface area (Å²) in [4.78, 5) is 36.9. The van der Waals surface area contributed by atoms with Crippen LogP contribution in [0.5, 0.6) is 0 Å². The van der Waals surface area contributed by atoms with Gasteiger partial charge in [0.15, 0.2) is 58.2 Å². The third-order valence-corrected chi connectivity index (χ3v) is 15.7. The van der Waals surface area contributed by atoms with Crippen molar-refractivity contribution < 1.29 is 480 Å². The number of carboxylic acids is 2. The first-order valence-electron chi connectivity index (χ1n) is 23.2. The Bertz CT molecular complexity index is 3330. The molecule has 0 aromatic heterocycles. The molecule has 0 radical (unpaired) electrons. The average molecular weight is 1650 g/mol. The fraction of sp³-hybridized carbons (Fsp3) is 0.906. The Morgan fingerprint density at radius 1 is 0.388 bits per heavy atom. The Morgan fingerprint density at radius 3 is 1.15 bits per heavy atom. The molecular formula is C32H44N3Na9O47S7. The molecule has 0 aromatic rings. The first-order valence-corrected chi connectivity index (χ1v) is 32.7. The second-order valence-corrected chi connectivity index (χ2v) is 25.7.